The number of likely N-dealkylation sites (tertiary alicyclic amines) is 1. The highest BCUT2D eigenvalue weighted by Crippen LogP contribution is 2.39. The molecule has 1 atom stereocenters. The van der Waals surface area contributed by atoms with Crippen LogP contribution in [0, 0.1) is 11.7 Å². The molecule has 7 nitrogen and oxygen atoms in total. The van der Waals surface area contributed by atoms with Crippen molar-refractivity contribution in [1.29, 1.82) is 0 Å². The fourth-order valence-corrected chi connectivity index (χ4v) is 5.97. The molecule has 2 aliphatic heterocycles. The third kappa shape index (κ3) is 4.36. The first-order chi connectivity index (χ1) is 16.5. The molecule has 3 heterocycles. The lowest BCUT2D eigenvalue weighted by Gasteiger charge is -2.41. The van der Waals surface area contributed by atoms with E-state index in [2.05, 4.69) is 10.2 Å². The zero-order valence-corrected chi connectivity index (χ0v) is 19.3. The first kappa shape index (κ1) is 23.1. The molecule has 3 fully saturated rings. The Balaban J connectivity index is 1.35. The standard InChI is InChI=1S/C26H32FN3O4/c27-20-7-5-18(6-8-20)15-26(24(32)30(25(33)28-26)21-3-1-2-4-21)19-11-13-29(14-12-19)16-22-9-10-23(17-31)34-22/h5-10,19,21,31H,1-4,11-17H2,(H,28,33)/t26-/m0/s1. The number of carbonyl (C=O) groups excluding carboxylic acids is 2. The normalized spacial score (nSPS) is 24.8. The van der Waals surface area contributed by atoms with E-state index < -0.39 is 5.54 Å². The molecular formula is C26H32FN3O4. The lowest BCUT2D eigenvalue weighted by atomic mass is 9.73. The fraction of sp³-hybridized carbons (Fsp3) is 0.538. The van der Waals surface area contributed by atoms with E-state index in [1.165, 1.54) is 17.0 Å². The molecule has 1 aromatic heterocycles. The minimum Gasteiger partial charge on any atom is -0.462 e. The number of nitrogens with zero attached hydrogens (tertiary/aromatic N) is 2. The van der Waals surface area contributed by atoms with Crippen molar-refractivity contribution in [3.05, 3.63) is 59.3 Å². The summed E-state index contributed by atoms with van der Waals surface area (Å²) < 4.78 is 19.2. The summed E-state index contributed by atoms with van der Waals surface area (Å²) in [6.45, 7) is 2.08. The van der Waals surface area contributed by atoms with Crippen molar-refractivity contribution in [3.8, 4) is 0 Å². The maximum Gasteiger partial charge on any atom is 0.325 e. The Morgan fingerprint density at radius 3 is 2.32 bits per heavy atom. The van der Waals surface area contributed by atoms with Gasteiger partial charge in [0.1, 0.15) is 29.5 Å². The van der Waals surface area contributed by atoms with Crippen LogP contribution in [-0.2, 0) is 24.4 Å². The molecular weight excluding hydrogens is 437 g/mol. The van der Waals surface area contributed by atoms with E-state index in [1.807, 2.05) is 6.07 Å². The number of imide groups is 1. The van der Waals surface area contributed by atoms with Crippen LogP contribution in [0.5, 0.6) is 0 Å². The quantitative estimate of drug-likeness (QED) is 0.606. The van der Waals surface area contributed by atoms with E-state index in [-0.39, 0.29) is 36.3 Å². The van der Waals surface area contributed by atoms with Crippen LogP contribution < -0.4 is 5.32 Å². The predicted octanol–water partition coefficient (Wildman–Crippen LogP) is 3.60. The Morgan fingerprint density at radius 1 is 1.00 bits per heavy atom. The van der Waals surface area contributed by atoms with Gasteiger partial charge in [0.15, 0.2) is 0 Å². The number of urea groups is 1. The monoisotopic (exact) mass is 469 g/mol. The van der Waals surface area contributed by atoms with E-state index in [0.29, 0.717) is 18.7 Å². The van der Waals surface area contributed by atoms with Gasteiger partial charge in [-0.25, -0.2) is 9.18 Å². The zero-order valence-electron chi connectivity index (χ0n) is 19.3. The summed E-state index contributed by atoms with van der Waals surface area (Å²) in [6.07, 6.45) is 5.69. The molecule has 2 aromatic rings. The summed E-state index contributed by atoms with van der Waals surface area (Å²) in [6, 6.07) is 9.59. The molecule has 182 valence electrons. The summed E-state index contributed by atoms with van der Waals surface area (Å²) in [7, 11) is 0. The Kier molecular flexibility index (Phi) is 6.44. The number of piperidine rings is 1. The third-order valence-electron chi connectivity index (χ3n) is 7.77. The predicted molar refractivity (Wildman–Crippen MR) is 123 cm³/mol. The molecule has 3 aliphatic rings. The number of hydrogen-bond donors (Lipinski definition) is 2. The van der Waals surface area contributed by atoms with Gasteiger partial charge in [-0.05, 0) is 74.5 Å². The number of rotatable bonds is 7. The molecule has 1 aliphatic carbocycles. The summed E-state index contributed by atoms with van der Waals surface area (Å²) >= 11 is 0. The van der Waals surface area contributed by atoms with Gasteiger partial charge in [-0.2, -0.15) is 0 Å². The minimum atomic E-state index is -1.00. The minimum absolute atomic E-state index is 0.0127. The van der Waals surface area contributed by atoms with E-state index in [1.54, 1.807) is 18.2 Å². The highest BCUT2D eigenvalue weighted by Gasteiger charge is 2.57. The maximum atomic E-state index is 13.9. The van der Waals surface area contributed by atoms with Crippen LogP contribution >= 0.6 is 0 Å². The largest absolute Gasteiger partial charge is 0.462 e. The number of furan rings is 1. The Bertz CT molecular complexity index is 1020. The van der Waals surface area contributed by atoms with Crippen LogP contribution in [-0.4, -0.2) is 51.5 Å². The van der Waals surface area contributed by atoms with Gasteiger partial charge in [-0.3, -0.25) is 14.6 Å². The molecule has 5 rings (SSSR count). The molecule has 34 heavy (non-hydrogen) atoms. The van der Waals surface area contributed by atoms with Crippen molar-refractivity contribution >= 4 is 11.9 Å². The molecule has 1 saturated carbocycles. The van der Waals surface area contributed by atoms with Gasteiger partial charge in [0, 0.05) is 12.5 Å². The number of amides is 3. The molecule has 8 heteroatoms. The molecule has 2 saturated heterocycles. The van der Waals surface area contributed by atoms with Gasteiger partial charge < -0.3 is 14.8 Å². The van der Waals surface area contributed by atoms with Crippen molar-refractivity contribution in [2.75, 3.05) is 13.1 Å². The zero-order chi connectivity index (χ0) is 23.7. The number of halogens is 1. The van der Waals surface area contributed by atoms with Crippen molar-refractivity contribution in [1.82, 2.24) is 15.1 Å². The number of hydrogen-bond acceptors (Lipinski definition) is 5. The molecule has 0 spiro atoms. The summed E-state index contributed by atoms with van der Waals surface area (Å²) in [5, 5.41) is 12.4. The van der Waals surface area contributed by atoms with Gasteiger partial charge in [0.05, 0.1) is 6.54 Å². The average Bonchev–Trinajstić information content (AvgIpc) is 3.57. The Morgan fingerprint density at radius 2 is 1.68 bits per heavy atom. The summed E-state index contributed by atoms with van der Waals surface area (Å²) in [5.74, 6) is 0.908. The van der Waals surface area contributed by atoms with Gasteiger partial charge in [-0.1, -0.05) is 25.0 Å². The van der Waals surface area contributed by atoms with E-state index in [4.69, 9.17) is 4.42 Å². The molecule has 2 N–H and O–H groups in total. The van der Waals surface area contributed by atoms with Crippen molar-refractivity contribution in [2.24, 2.45) is 5.92 Å². The van der Waals surface area contributed by atoms with Gasteiger partial charge in [-0.15, -0.1) is 0 Å². The van der Waals surface area contributed by atoms with Crippen LogP contribution in [0.3, 0.4) is 0 Å². The van der Waals surface area contributed by atoms with E-state index >= 15 is 0 Å². The second kappa shape index (κ2) is 9.50. The number of benzene rings is 1. The number of aliphatic hydroxyl groups is 1. The highest BCUT2D eigenvalue weighted by atomic mass is 19.1. The van der Waals surface area contributed by atoms with E-state index in [9.17, 15) is 19.1 Å². The molecule has 3 amide bonds. The SMILES string of the molecule is O=C1N[C@@](Cc2ccc(F)cc2)(C2CCN(Cc3ccc(CO)o3)CC2)C(=O)N1C1CCCC1. The lowest BCUT2D eigenvalue weighted by molar-refractivity contribution is -0.135. The molecule has 0 radical (unpaired) electrons. The smallest absolute Gasteiger partial charge is 0.325 e. The second-order valence-corrected chi connectivity index (χ2v) is 9.89. The van der Waals surface area contributed by atoms with Crippen LogP contribution in [0.15, 0.2) is 40.8 Å². The number of carbonyl (C=O) groups is 2. The maximum absolute atomic E-state index is 13.9. The van der Waals surface area contributed by atoms with Gasteiger partial charge in [0.25, 0.3) is 5.91 Å². The summed E-state index contributed by atoms with van der Waals surface area (Å²) in [5.41, 5.74) is -0.156. The lowest BCUT2D eigenvalue weighted by Crippen LogP contribution is -2.57. The highest BCUT2D eigenvalue weighted by molar-refractivity contribution is 6.07. The van der Waals surface area contributed by atoms with Crippen LogP contribution in [0.1, 0.15) is 55.6 Å². The van der Waals surface area contributed by atoms with Crippen molar-refractivity contribution in [3.63, 3.8) is 0 Å². The van der Waals surface area contributed by atoms with E-state index in [0.717, 1.165) is 62.9 Å². The Hall–Kier alpha value is -2.71. The summed E-state index contributed by atoms with van der Waals surface area (Å²) in [4.78, 5) is 30.8. The fourth-order valence-electron chi connectivity index (χ4n) is 5.97. The number of aliphatic hydroxyl groups excluding tert-OH is 1. The molecule has 1 aromatic carbocycles. The van der Waals surface area contributed by atoms with Crippen LogP contribution in [0.25, 0.3) is 0 Å². The van der Waals surface area contributed by atoms with Crippen molar-refractivity contribution in [2.45, 2.75) is 69.7 Å². The first-order valence-electron chi connectivity index (χ1n) is 12.3. The van der Waals surface area contributed by atoms with Crippen LogP contribution in [0.4, 0.5) is 9.18 Å². The number of nitrogens with one attached hydrogen (secondary N) is 1. The van der Waals surface area contributed by atoms with Crippen LogP contribution in [0.2, 0.25) is 0 Å². The topological polar surface area (TPSA) is 86.0 Å². The van der Waals surface area contributed by atoms with Crippen molar-refractivity contribution < 1.29 is 23.5 Å². The third-order valence-corrected chi connectivity index (χ3v) is 7.77. The Labute approximate surface area is 198 Å². The molecule has 0 bridgehead atoms. The molecule has 0 unspecified atom stereocenters. The first-order valence-corrected chi connectivity index (χ1v) is 12.3. The van der Waals surface area contributed by atoms with Gasteiger partial charge in [0.2, 0.25) is 0 Å². The average molecular weight is 470 g/mol. The second-order valence-electron chi connectivity index (χ2n) is 9.89. The van der Waals surface area contributed by atoms with Gasteiger partial charge >= 0.3 is 6.03 Å².